The minimum Gasteiger partial charge on any atom is -0.340 e. The van der Waals surface area contributed by atoms with Gasteiger partial charge in [0.05, 0.1) is 10.7 Å². The number of nitrogens with one attached hydrogen (secondary N) is 1. The molecule has 1 spiro atoms. The van der Waals surface area contributed by atoms with Crippen LogP contribution in [0, 0.1) is 3.57 Å². The van der Waals surface area contributed by atoms with Crippen LogP contribution in [0.1, 0.15) is 32.6 Å². The summed E-state index contributed by atoms with van der Waals surface area (Å²) in [6, 6.07) is 4.99. The van der Waals surface area contributed by atoms with Crippen LogP contribution in [0.2, 0.25) is 5.02 Å². The van der Waals surface area contributed by atoms with E-state index in [0.717, 1.165) is 16.4 Å². The van der Waals surface area contributed by atoms with Gasteiger partial charge in [-0.05, 0) is 60.6 Å². The van der Waals surface area contributed by atoms with Gasteiger partial charge in [0.1, 0.15) is 11.6 Å². The molecule has 112 valence electrons. The molecule has 1 unspecified atom stereocenters. The van der Waals surface area contributed by atoms with Crippen LogP contribution in [0.5, 0.6) is 0 Å². The molecular weight excluding hydrogens is 403 g/mol. The zero-order valence-corrected chi connectivity index (χ0v) is 14.6. The number of benzene rings is 1. The molecule has 2 fully saturated rings. The molecule has 1 heterocycles. The maximum absolute atomic E-state index is 13.0. The maximum atomic E-state index is 13.0. The fourth-order valence-electron chi connectivity index (χ4n) is 3.23. The van der Waals surface area contributed by atoms with Crippen LogP contribution in [-0.4, -0.2) is 23.4 Å². The third kappa shape index (κ3) is 2.44. The summed E-state index contributed by atoms with van der Waals surface area (Å²) in [7, 11) is 0. The van der Waals surface area contributed by atoms with Crippen molar-refractivity contribution >= 4 is 51.7 Å². The van der Waals surface area contributed by atoms with Crippen molar-refractivity contribution in [3.63, 3.8) is 0 Å². The number of hydrogen-bond acceptors (Lipinski definition) is 2. The second-order valence-electron chi connectivity index (χ2n) is 5.73. The van der Waals surface area contributed by atoms with Gasteiger partial charge in [-0.3, -0.25) is 14.5 Å². The minimum atomic E-state index is -0.726. The molecule has 1 atom stereocenters. The summed E-state index contributed by atoms with van der Waals surface area (Å²) in [6.07, 6.45) is 3.36. The first-order valence-electron chi connectivity index (χ1n) is 7.05. The van der Waals surface area contributed by atoms with E-state index in [1.165, 1.54) is 0 Å². The Morgan fingerprint density at radius 1 is 1.33 bits per heavy atom. The number of rotatable bonds is 1. The average molecular weight is 419 g/mol. The molecule has 1 aromatic rings. The van der Waals surface area contributed by atoms with E-state index in [2.05, 4.69) is 27.9 Å². The van der Waals surface area contributed by atoms with Crippen molar-refractivity contribution < 1.29 is 9.59 Å². The number of carbonyl (C=O) groups excluding carboxylic acids is 2. The molecule has 1 saturated heterocycles. The molecule has 3 rings (SSSR count). The molecule has 2 amide bonds. The van der Waals surface area contributed by atoms with Crippen molar-refractivity contribution in [3.8, 4) is 0 Å². The summed E-state index contributed by atoms with van der Waals surface area (Å²) < 4.78 is 0.999. The van der Waals surface area contributed by atoms with Gasteiger partial charge < -0.3 is 5.32 Å². The molecule has 0 bridgehead atoms. The second kappa shape index (κ2) is 5.43. The zero-order valence-electron chi connectivity index (χ0n) is 11.7. The first-order chi connectivity index (χ1) is 9.94. The quantitative estimate of drug-likeness (QED) is 0.713. The van der Waals surface area contributed by atoms with Crippen molar-refractivity contribution in [2.24, 2.45) is 0 Å². The van der Waals surface area contributed by atoms with Crippen LogP contribution in [0.25, 0.3) is 0 Å². The number of nitrogens with zero attached hydrogens (tertiary/aromatic N) is 1. The zero-order chi connectivity index (χ0) is 15.2. The molecule has 1 aliphatic heterocycles. The Labute approximate surface area is 142 Å². The number of hydrogen-bond donors (Lipinski definition) is 1. The number of anilines is 1. The van der Waals surface area contributed by atoms with E-state index in [9.17, 15) is 9.59 Å². The smallest absolute Gasteiger partial charge is 0.253 e. The van der Waals surface area contributed by atoms with Crippen molar-refractivity contribution in [2.45, 2.75) is 44.2 Å². The Kier molecular flexibility index (Phi) is 3.90. The van der Waals surface area contributed by atoms with E-state index in [-0.39, 0.29) is 11.8 Å². The Morgan fingerprint density at radius 2 is 2.00 bits per heavy atom. The molecule has 1 aliphatic carbocycles. The van der Waals surface area contributed by atoms with Gasteiger partial charge in [0.15, 0.2) is 0 Å². The number of piperazine rings is 1. The van der Waals surface area contributed by atoms with Crippen molar-refractivity contribution in [1.29, 1.82) is 0 Å². The third-order valence-corrected chi connectivity index (χ3v) is 5.36. The molecule has 4 nitrogen and oxygen atoms in total. The highest BCUT2D eigenvalue weighted by Crippen LogP contribution is 2.38. The summed E-state index contributed by atoms with van der Waals surface area (Å²) in [5.41, 5.74) is -0.105. The lowest BCUT2D eigenvalue weighted by Crippen LogP contribution is -2.69. The number of amides is 2. The van der Waals surface area contributed by atoms with Crippen LogP contribution in [0.15, 0.2) is 18.2 Å². The van der Waals surface area contributed by atoms with Gasteiger partial charge in [-0.2, -0.15) is 0 Å². The number of carbonyl (C=O) groups is 2. The Balaban J connectivity index is 2.05. The molecule has 1 saturated carbocycles. The van der Waals surface area contributed by atoms with Crippen molar-refractivity contribution in [1.82, 2.24) is 5.32 Å². The van der Waals surface area contributed by atoms with Crippen LogP contribution in [0.4, 0.5) is 5.69 Å². The molecule has 1 N–H and O–H groups in total. The van der Waals surface area contributed by atoms with E-state index in [1.54, 1.807) is 11.8 Å². The highest BCUT2D eigenvalue weighted by atomic mass is 127. The van der Waals surface area contributed by atoms with Crippen LogP contribution in [0.3, 0.4) is 0 Å². The minimum absolute atomic E-state index is 0.0322. The van der Waals surface area contributed by atoms with E-state index >= 15 is 0 Å². The summed E-state index contributed by atoms with van der Waals surface area (Å²) in [6.45, 7) is 1.74. The fourth-order valence-corrected chi connectivity index (χ4v) is 4.18. The largest absolute Gasteiger partial charge is 0.340 e. The first kappa shape index (κ1) is 15.1. The molecular formula is C15H16ClIN2O2. The molecule has 2 aliphatic rings. The lowest BCUT2D eigenvalue weighted by Gasteiger charge is -2.43. The highest BCUT2D eigenvalue weighted by molar-refractivity contribution is 14.1. The van der Waals surface area contributed by atoms with Gasteiger partial charge in [-0.25, -0.2) is 0 Å². The normalized spacial score (nSPS) is 24.5. The van der Waals surface area contributed by atoms with E-state index < -0.39 is 11.6 Å². The third-order valence-electron chi connectivity index (χ3n) is 4.38. The second-order valence-corrected chi connectivity index (χ2v) is 7.38. The summed E-state index contributed by atoms with van der Waals surface area (Å²) >= 11 is 8.48. The monoisotopic (exact) mass is 418 g/mol. The lowest BCUT2D eigenvalue weighted by molar-refractivity contribution is -0.137. The maximum Gasteiger partial charge on any atom is 0.253 e. The summed E-state index contributed by atoms with van der Waals surface area (Å²) in [4.78, 5) is 26.9. The topological polar surface area (TPSA) is 49.4 Å². The van der Waals surface area contributed by atoms with Gasteiger partial charge in [-0.1, -0.05) is 24.4 Å². The van der Waals surface area contributed by atoms with Crippen LogP contribution in [-0.2, 0) is 9.59 Å². The predicted molar refractivity (Wildman–Crippen MR) is 90.5 cm³/mol. The van der Waals surface area contributed by atoms with E-state index in [4.69, 9.17) is 11.6 Å². The lowest BCUT2D eigenvalue weighted by atomic mass is 9.90. The van der Waals surface area contributed by atoms with Gasteiger partial charge in [0.25, 0.3) is 5.91 Å². The Hall–Kier alpha value is -0.820. The molecule has 0 radical (unpaired) electrons. The predicted octanol–water partition coefficient (Wildman–Crippen LogP) is 3.11. The van der Waals surface area contributed by atoms with Crippen molar-refractivity contribution in [2.75, 3.05) is 4.90 Å². The molecule has 21 heavy (non-hydrogen) atoms. The summed E-state index contributed by atoms with van der Waals surface area (Å²) in [5.74, 6) is -0.138. The van der Waals surface area contributed by atoms with Gasteiger partial charge in [0, 0.05) is 3.57 Å². The molecule has 1 aromatic carbocycles. The number of halogens is 2. The van der Waals surface area contributed by atoms with Gasteiger partial charge in [0.2, 0.25) is 5.91 Å². The Morgan fingerprint density at radius 3 is 2.62 bits per heavy atom. The average Bonchev–Trinajstić information content (AvgIpc) is 2.89. The van der Waals surface area contributed by atoms with E-state index in [1.807, 2.05) is 18.2 Å². The molecule has 0 aromatic heterocycles. The fraction of sp³-hybridized carbons (Fsp3) is 0.467. The Bertz CT molecular complexity index is 614. The van der Waals surface area contributed by atoms with Crippen LogP contribution < -0.4 is 10.2 Å². The first-order valence-corrected chi connectivity index (χ1v) is 8.51. The van der Waals surface area contributed by atoms with Gasteiger partial charge in [-0.15, -0.1) is 0 Å². The highest BCUT2D eigenvalue weighted by Gasteiger charge is 2.51. The molecule has 6 heteroatoms. The van der Waals surface area contributed by atoms with Crippen molar-refractivity contribution in [3.05, 3.63) is 26.8 Å². The van der Waals surface area contributed by atoms with E-state index in [0.29, 0.717) is 23.6 Å². The SMILES string of the molecule is CC1C(=O)NC2(CCCC2)C(=O)N1c1ccc(I)cc1Cl. The van der Waals surface area contributed by atoms with Gasteiger partial charge >= 0.3 is 0 Å². The summed E-state index contributed by atoms with van der Waals surface area (Å²) in [5, 5.41) is 3.45. The van der Waals surface area contributed by atoms with Crippen LogP contribution >= 0.6 is 34.2 Å². The standard InChI is InChI=1S/C15H16ClIN2O2/c1-9-13(20)18-15(6-2-3-7-15)14(21)19(9)12-5-4-10(17)8-11(12)16/h4-5,8-9H,2-3,6-7H2,1H3,(H,18,20).